The van der Waals surface area contributed by atoms with Crippen molar-refractivity contribution in [1.29, 1.82) is 0 Å². The summed E-state index contributed by atoms with van der Waals surface area (Å²) < 4.78 is 52.6. The van der Waals surface area contributed by atoms with Crippen LogP contribution in [0.2, 0.25) is 0 Å². The normalized spacial score (nSPS) is 33.4. The number of carbonyl (C=O) groups is 1. The molecule has 11 N–H and O–H groups in total. The van der Waals surface area contributed by atoms with E-state index in [0.717, 1.165) is 11.5 Å². The van der Waals surface area contributed by atoms with Crippen molar-refractivity contribution in [3.63, 3.8) is 0 Å². The Morgan fingerprint density at radius 3 is 2.49 bits per heavy atom. The number of nitrogens with two attached hydrogens (primary N) is 1. The molecule has 270 valence electrons. The van der Waals surface area contributed by atoms with Gasteiger partial charge in [0, 0.05) is 19.5 Å². The molecule has 0 aromatic carbocycles. The van der Waals surface area contributed by atoms with Gasteiger partial charge in [-0.25, -0.2) is 9.36 Å². The maximum atomic E-state index is 13.1. The zero-order chi connectivity index (χ0) is 35.3. The van der Waals surface area contributed by atoms with Gasteiger partial charge in [-0.15, -0.1) is 0 Å². The molecule has 1 amide bonds. The molecule has 0 radical (unpaired) electrons. The average molecular weight is 721 g/mol. The minimum Gasteiger partial charge on any atom is -0.394 e. The van der Waals surface area contributed by atoms with E-state index in [4.69, 9.17) is 24.3 Å². The molecule has 1 aromatic rings. The van der Waals surface area contributed by atoms with Crippen LogP contribution >= 0.6 is 15.4 Å². The first-order valence-electron chi connectivity index (χ1n) is 14.4. The van der Waals surface area contributed by atoms with E-state index >= 15 is 0 Å². The smallest absolute Gasteiger partial charge is 0.394 e. The Morgan fingerprint density at radius 1 is 1.21 bits per heavy atom. The molecular weight excluding hydrogens is 678 g/mol. The van der Waals surface area contributed by atoms with E-state index in [1.165, 1.54) is 19.2 Å². The third-order valence-corrected chi connectivity index (χ3v) is 9.94. The van der Waals surface area contributed by atoms with Crippen molar-refractivity contribution in [3.05, 3.63) is 22.7 Å². The summed E-state index contributed by atoms with van der Waals surface area (Å²) in [4.78, 5) is 48.2. The fourth-order valence-electron chi connectivity index (χ4n) is 5.20. The number of ether oxygens (including phenoxy) is 2. The summed E-state index contributed by atoms with van der Waals surface area (Å²) in [5.41, 5.74) is 2.61. The van der Waals surface area contributed by atoms with Gasteiger partial charge in [0.1, 0.15) is 42.4 Å². The molecule has 0 bridgehead atoms. The monoisotopic (exact) mass is 720 g/mol. The van der Waals surface area contributed by atoms with Crippen molar-refractivity contribution in [2.45, 2.75) is 87.3 Å². The maximum Gasteiger partial charge on any atom is 0.472 e. The van der Waals surface area contributed by atoms with Crippen LogP contribution in [0.1, 0.15) is 32.9 Å². The molecule has 21 nitrogen and oxygen atoms in total. The molecule has 0 saturated carbocycles. The molecule has 2 aliphatic heterocycles. The zero-order valence-electron chi connectivity index (χ0n) is 25.4. The number of phosphoric ester groups is 1. The van der Waals surface area contributed by atoms with Gasteiger partial charge in [0.05, 0.1) is 50.3 Å². The molecule has 2 unspecified atom stereocenters. The Hall–Kier alpha value is -1.91. The Balaban J connectivity index is 1.80. The van der Waals surface area contributed by atoms with Crippen molar-refractivity contribution in [3.8, 4) is 0 Å². The van der Waals surface area contributed by atoms with Gasteiger partial charge >= 0.3 is 21.1 Å². The molecular formula is C24H42N4O17P2. The van der Waals surface area contributed by atoms with E-state index < -0.39 is 126 Å². The van der Waals surface area contributed by atoms with Crippen molar-refractivity contribution in [2.75, 3.05) is 38.3 Å². The first kappa shape index (κ1) is 39.5. The summed E-state index contributed by atoms with van der Waals surface area (Å²) in [6, 6.07) is -0.124. The van der Waals surface area contributed by atoms with Crippen LogP contribution in [-0.4, -0.2) is 143 Å². The minimum absolute atomic E-state index is 0.103. The van der Waals surface area contributed by atoms with Crippen LogP contribution in [0.25, 0.3) is 0 Å². The number of aliphatic hydroxyl groups excluding tert-OH is 6. The third kappa shape index (κ3) is 10.3. The Bertz CT molecular complexity index is 1370. The van der Waals surface area contributed by atoms with Gasteiger partial charge in [0.2, 0.25) is 5.91 Å². The number of hydrogen-bond acceptors (Lipinski definition) is 17. The second-order valence-corrected chi connectivity index (χ2v) is 14.6. The Labute approximate surface area is 268 Å². The number of anilines is 1. The second-order valence-electron chi connectivity index (χ2n) is 11.2. The molecule has 2 saturated heterocycles. The first-order chi connectivity index (χ1) is 21.8. The van der Waals surface area contributed by atoms with Crippen molar-refractivity contribution in [2.24, 2.45) is 0 Å². The number of nitrogen functional groups attached to an aromatic ring is 1. The highest BCUT2D eigenvalue weighted by Gasteiger charge is 2.52. The quantitative estimate of drug-likeness (QED) is 0.0734. The number of aliphatic hydroxyl groups is 6. The van der Waals surface area contributed by atoms with Crippen LogP contribution in [-0.2, 0) is 37.0 Å². The highest BCUT2D eigenvalue weighted by Crippen LogP contribution is 2.49. The van der Waals surface area contributed by atoms with Gasteiger partial charge in [0.15, 0.2) is 6.23 Å². The van der Waals surface area contributed by atoms with Crippen LogP contribution in [0.15, 0.2) is 17.1 Å². The Kier molecular flexibility index (Phi) is 13.6. The molecule has 3 rings (SSSR count). The summed E-state index contributed by atoms with van der Waals surface area (Å²) >= 11 is 0. The van der Waals surface area contributed by atoms with Gasteiger partial charge in [0.25, 0.3) is 0 Å². The van der Waals surface area contributed by atoms with Crippen LogP contribution < -0.4 is 16.7 Å². The first-order valence-corrected chi connectivity index (χ1v) is 17.6. The lowest BCUT2D eigenvalue weighted by Gasteiger charge is -2.49. The molecule has 12 atom stereocenters. The summed E-state index contributed by atoms with van der Waals surface area (Å²) in [7, 11) is -9.40. The number of nitrogens with one attached hydrogen (secondary N) is 1. The molecule has 0 spiro atoms. The lowest BCUT2D eigenvalue weighted by molar-refractivity contribution is -0.231. The van der Waals surface area contributed by atoms with E-state index in [0.29, 0.717) is 0 Å². The van der Waals surface area contributed by atoms with Crippen LogP contribution in [0.5, 0.6) is 0 Å². The number of carbonyl (C=O) groups excluding carboxylic acids is 1. The number of nitrogens with zero attached hydrogens (tertiary/aromatic N) is 2. The average Bonchev–Trinajstić information content (AvgIpc) is 3.27. The highest BCUT2D eigenvalue weighted by atomic mass is 31.2. The summed E-state index contributed by atoms with van der Waals surface area (Å²) in [6.07, 6.45) is -13.9. The van der Waals surface area contributed by atoms with Gasteiger partial charge < -0.3 is 65.5 Å². The molecule has 2 aliphatic rings. The van der Waals surface area contributed by atoms with Gasteiger partial charge in [-0.3, -0.25) is 23.0 Å². The van der Waals surface area contributed by atoms with Gasteiger partial charge in [-0.05, 0) is 19.4 Å². The number of hydrogen-bond donors (Lipinski definition) is 10. The van der Waals surface area contributed by atoms with Gasteiger partial charge in [-0.1, -0.05) is 0 Å². The third-order valence-electron chi connectivity index (χ3n) is 7.56. The SMILES string of the molecule is CCOP(=O)(O)OC[C@]1(CCP(=O)(O)OC[C@H]2O[C@@H](n3ccc(N)nc3=O)[C@H](O)[C@@H]2O)C[C@H](O)[C@@H](NC(C)=O)[C@H]([C@H](O)[C@H](O)CO)O1. The maximum absolute atomic E-state index is 13.1. The molecule has 47 heavy (non-hydrogen) atoms. The van der Waals surface area contributed by atoms with E-state index in [2.05, 4.69) is 14.8 Å². The fourth-order valence-corrected chi connectivity index (χ4v) is 7.20. The van der Waals surface area contributed by atoms with Crippen molar-refractivity contribution < 1.29 is 77.4 Å². The molecule has 23 heteroatoms. The molecule has 1 aromatic heterocycles. The van der Waals surface area contributed by atoms with E-state index in [-0.39, 0.29) is 12.4 Å². The van der Waals surface area contributed by atoms with Crippen molar-refractivity contribution >= 4 is 27.1 Å². The van der Waals surface area contributed by atoms with Crippen molar-refractivity contribution in [1.82, 2.24) is 14.9 Å². The van der Waals surface area contributed by atoms with E-state index in [9.17, 15) is 59.1 Å². The number of rotatable bonds is 16. The van der Waals surface area contributed by atoms with E-state index in [1.807, 2.05) is 0 Å². The second kappa shape index (κ2) is 16.2. The largest absolute Gasteiger partial charge is 0.472 e. The predicted molar refractivity (Wildman–Crippen MR) is 156 cm³/mol. The molecule has 3 heterocycles. The molecule has 2 fully saturated rings. The summed E-state index contributed by atoms with van der Waals surface area (Å²) in [5.74, 6) is -0.767. The fraction of sp³-hybridized carbons (Fsp3) is 0.792. The van der Waals surface area contributed by atoms with Crippen LogP contribution in [0.4, 0.5) is 5.82 Å². The number of amides is 1. The standard InChI is InChI=1S/C24H42N4O17P2/c1-3-41-47(39,40)43-11-24(8-13(31)17(26-12(2)30)21(45-24)18(33)14(32)9-29)5-7-46(37,38)42-10-15-19(34)20(35)22(44-15)28-6-4-16(25)27-23(28)36/h4,6,13-15,17-22,29,31-35H,3,5,7-11H2,1-2H3,(H,26,30)(H,37,38)(H,39,40)(H2,25,27,36)/t13-,14+,15+,17+,18+,19+,20+,21+,22+,24-/m0/s1. The van der Waals surface area contributed by atoms with Crippen LogP contribution in [0, 0.1) is 0 Å². The highest BCUT2D eigenvalue weighted by molar-refractivity contribution is 7.52. The molecule has 0 aliphatic carbocycles. The number of phosphoric acid groups is 1. The summed E-state index contributed by atoms with van der Waals surface area (Å²) in [5, 5.41) is 64.5. The zero-order valence-corrected chi connectivity index (χ0v) is 27.2. The minimum atomic E-state index is -4.72. The van der Waals surface area contributed by atoms with Crippen LogP contribution in [0.3, 0.4) is 0 Å². The van der Waals surface area contributed by atoms with Gasteiger partial charge in [-0.2, -0.15) is 4.98 Å². The number of aromatic nitrogens is 2. The van der Waals surface area contributed by atoms with E-state index in [1.54, 1.807) is 0 Å². The summed E-state index contributed by atoms with van der Waals surface area (Å²) in [6.45, 7) is -0.336. The predicted octanol–water partition coefficient (Wildman–Crippen LogP) is -3.70. The lowest BCUT2D eigenvalue weighted by Crippen LogP contribution is -2.66. The topological polar surface area (TPSA) is 332 Å². The lowest BCUT2D eigenvalue weighted by atomic mass is 9.82. The Morgan fingerprint density at radius 2 is 1.89 bits per heavy atom.